The number of carbonyl (C=O) groups excluding carboxylic acids is 2. The first-order chi connectivity index (χ1) is 23.0. The molecular formula is C34H43N9O4. The van der Waals surface area contributed by atoms with E-state index in [0.29, 0.717) is 73.6 Å². The summed E-state index contributed by atoms with van der Waals surface area (Å²) in [5.74, 6) is 1.87. The first kappa shape index (κ1) is 31.3. The fraction of sp³-hybridized carbons (Fsp3) is 0.500. The second-order valence-corrected chi connectivity index (χ2v) is 12.6. The lowest BCUT2D eigenvalue weighted by Gasteiger charge is -2.42. The van der Waals surface area contributed by atoms with Gasteiger partial charge in [0.05, 0.1) is 25.9 Å². The van der Waals surface area contributed by atoms with Crippen molar-refractivity contribution >= 4 is 35.2 Å². The second kappa shape index (κ2) is 14.2. The molecule has 1 aliphatic carbocycles. The van der Waals surface area contributed by atoms with Crippen molar-refractivity contribution in [1.82, 2.24) is 24.8 Å². The summed E-state index contributed by atoms with van der Waals surface area (Å²) in [6.45, 7) is 10.2. The topological polar surface area (TPSA) is 128 Å². The molecule has 4 heterocycles. The van der Waals surface area contributed by atoms with Crippen molar-refractivity contribution in [2.24, 2.45) is 0 Å². The Morgan fingerprint density at radius 2 is 1.36 bits per heavy atom. The molecule has 1 aromatic heterocycles. The van der Waals surface area contributed by atoms with E-state index in [2.05, 4.69) is 25.3 Å². The van der Waals surface area contributed by atoms with Gasteiger partial charge in [-0.15, -0.1) is 0 Å². The van der Waals surface area contributed by atoms with E-state index in [1.807, 2.05) is 36.1 Å². The van der Waals surface area contributed by atoms with Gasteiger partial charge in [0.1, 0.15) is 0 Å². The fourth-order valence-electron chi connectivity index (χ4n) is 6.45. The molecule has 3 aliphatic heterocycles. The molecule has 4 fully saturated rings. The first-order valence-corrected chi connectivity index (χ1v) is 16.8. The number of urea groups is 1. The van der Waals surface area contributed by atoms with Crippen molar-refractivity contribution in [2.75, 3.05) is 92.6 Å². The van der Waals surface area contributed by atoms with Gasteiger partial charge in [-0.1, -0.05) is 6.42 Å². The van der Waals surface area contributed by atoms with E-state index in [9.17, 15) is 9.59 Å². The molecule has 3 aromatic rings. The average Bonchev–Trinajstić information content (AvgIpc) is 3.08. The molecule has 0 spiro atoms. The summed E-state index contributed by atoms with van der Waals surface area (Å²) >= 11 is 0. The summed E-state index contributed by atoms with van der Waals surface area (Å²) in [4.78, 5) is 49.1. The zero-order chi connectivity index (χ0) is 32.2. The highest BCUT2D eigenvalue weighted by atomic mass is 16.5. The van der Waals surface area contributed by atoms with Crippen molar-refractivity contribution in [3.8, 4) is 11.4 Å². The molecule has 0 bridgehead atoms. The van der Waals surface area contributed by atoms with Gasteiger partial charge in [-0.3, -0.25) is 9.69 Å². The van der Waals surface area contributed by atoms with Crippen LogP contribution in [0, 0.1) is 0 Å². The summed E-state index contributed by atoms with van der Waals surface area (Å²) in [7, 11) is 0. The average molecular weight is 642 g/mol. The maximum atomic E-state index is 13.1. The minimum Gasteiger partial charge on any atom is -0.378 e. The number of aromatic nitrogens is 3. The van der Waals surface area contributed by atoms with Gasteiger partial charge in [-0.05, 0) is 68.3 Å². The van der Waals surface area contributed by atoms with Crippen LogP contribution in [0.25, 0.3) is 11.4 Å². The lowest BCUT2D eigenvalue weighted by molar-refractivity contribution is 0.0455. The molecule has 1 saturated carbocycles. The Bertz CT molecular complexity index is 1540. The Hall–Kier alpha value is -4.33. The van der Waals surface area contributed by atoms with E-state index in [1.54, 1.807) is 24.3 Å². The van der Waals surface area contributed by atoms with Gasteiger partial charge in [-0.25, -0.2) is 4.79 Å². The second-order valence-electron chi connectivity index (χ2n) is 12.6. The van der Waals surface area contributed by atoms with Crippen molar-refractivity contribution in [3.05, 3.63) is 54.1 Å². The van der Waals surface area contributed by atoms with Gasteiger partial charge in [0.25, 0.3) is 5.91 Å². The van der Waals surface area contributed by atoms with E-state index >= 15 is 0 Å². The van der Waals surface area contributed by atoms with Gasteiger partial charge in [-0.2, -0.15) is 15.0 Å². The Labute approximate surface area is 275 Å². The van der Waals surface area contributed by atoms with E-state index in [0.717, 1.165) is 44.8 Å². The number of anilines is 4. The molecule has 248 valence electrons. The molecule has 2 N–H and O–H groups in total. The molecule has 3 saturated heterocycles. The number of carbonyl (C=O) groups is 2. The van der Waals surface area contributed by atoms with Crippen LogP contribution in [0.2, 0.25) is 0 Å². The van der Waals surface area contributed by atoms with Gasteiger partial charge in [0.15, 0.2) is 5.82 Å². The van der Waals surface area contributed by atoms with E-state index in [1.165, 1.54) is 19.3 Å². The van der Waals surface area contributed by atoms with Crippen molar-refractivity contribution in [2.45, 2.75) is 38.3 Å². The Morgan fingerprint density at radius 3 is 1.98 bits per heavy atom. The highest BCUT2D eigenvalue weighted by Crippen LogP contribution is 2.27. The number of piperazine rings is 1. The number of ether oxygens (including phenoxy) is 2. The maximum absolute atomic E-state index is 13.1. The van der Waals surface area contributed by atoms with Crippen LogP contribution in [-0.2, 0) is 9.47 Å². The molecule has 4 aliphatic rings. The van der Waals surface area contributed by atoms with Crippen LogP contribution in [0.15, 0.2) is 48.5 Å². The molecule has 47 heavy (non-hydrogen) atoms. The Morgan fingerprint density at radius 1 is 0.745 bits per heavy atom. The Kier molecular flexibility index (Phi) is 9.45. The smallest absolute Gasteiger partial charge is 0.323 e. The molecule has 1 unspecified atom stereocenters. The maximum Gasteiger partial charge on any atom is 0.323 e. The minimum atomic E-state index is -0.373. The molecule has 0 radical (unpaired) electrons. The number of nitrogens with one attached hydrogen (secondary N) is 2. The summed E-state index contributed by atoms with van der Waals surface area (Å²) in [5, 5.41) is 5.74. The van der Waals surface area contributed by atoms with Crippen LogP contribution in [0.4, 0.5) is 28.1 Å². The summed E-state index contributed by atoms with van der Waals surface area (Å²) < 4.78 is 11.3. The minimum absolute atomic E-state index is 0.0382. The SMILES string of the molecule is CC1CN(c2nc(-c3ccc(NC(=O)Nc4ccc(C(=O)N5CCN(C6CCC6)CC5)cc4)cc3)nc(N3CCOCC3)n2)CCO1. The molecular weight excluding hydrogens is 598 g/mol. The third-order valence-corrected chi connectivity index (χ3v) is 9.41. The van der Waals surface area contributed by atoms with Crippen molar-refractivity contribution < 1.29 is 19.1 Å². The highest BCUT2D eigenvalue weighted by Gasteiger charge is 2.30. The summed E-state index contributed by atoms with van der Waals surface area (Å²) in [6, 6.07) is 14.9. The van der Waals surface area contributed by atoms with Crippen LogP contribution in [-0.4, -0.2) is 121 Å². The Balaban J connectivity index is 0.966. The lowest BCUT2D eigenvalue weighted by atomic mass is 9.91. The van der Waals surface area contributed by atoms with E-state index < -0.39 is 0 Å². The van der Waals surface area contributed by atoms with E-state index in [4.69, 9.17) is 24.4 Å². The first-order valence-electron chi connectivity index (χ1n) is 16.8. The lowest BCUT2D eigenvalue weighted by Crippen LogP contribution is -2.53. The summed E-state index contributed by atoms with van der Waals surface area (Å²) in [5.41, 5.74) is 2.69. The third-order valence-electron chi connectivity index (χ3n) is 9.41. The zero-order valence-corrected chi connectivity index (χ0v) is 26.9. The number of morpholine rings is 2. The van der Waals surface area contributed by atoms with Gasteiger partial charge in [0.2, 0.25) is 11.9 Å². The molecule has 13 heteroatoms. The number of rotatable bonds is 7. The standard InChI is InChI=1S/C34H43N9O4/c1-24-23-43(19-22-47-24)33-38-30(37-32(39-33)42-17-20-46-21-18-42)25-5-9-27(10-6-25)35-34(45)36-28-11-7-26(8-12-28)31(44)41-15-13-40(14-16-41)29-3-2-4-29/h5-12,24,29H,2-4,13-23H2,1H3,(H2,35,36,45). The van der Waals surface area contributed by atoms with Gasteiger partial charge >= 0.3 is 6.03 Å². The number of hydrogen-bond donors (Lipinski definition) is 2. The number of hydrogen-bond acceptors (Lipinski definition) is 10. The van der Waals surface area contributed by atoms with Crippen LogP contribution < -0.4 is 20.4 Å². The van der Waals surface area contributed by atoms with Gasteiger partial charge < -0.3 is 34.8 Å². The van der Waals surface area contributed by atoms with Crippen LogP contribution in [0.1, 0.15) is 36.5 Å². The molecule has 7 rings (SSSR count). The highest BCUT2D eigenvalue weighted by molar-refractivity contribution is 6.00. The third kappa shape index (κ3) is 7.47. The molecule has 3 amide bonds. The van der Waals surface area contributed by atoms with Gasteiger partial charge in [0, 0.05) is 80.9 Å². The van der Waals surface area contributed by atoms with Crippen molar-refractivity contribution in [1.29, 1.82) is 0 Å². The number of benzene rings is 2. The molecule has 1 atom stereocenters. The van der Waals surface area contributed by atoms with Crippen molar-refractivity contribution in [3.63, 3.8) is 0 Å². The van der Waals surface area contributed by atoms with E-state index in [-0.39, 0.29) is 18.0 Å². The number of amides is 3. The monoisotopic (exact) mass is 641 g/mol. The predicted molar refractivity (Wildman–Crippen MR) is 180 cm³/mol. The molecule has 13 nitrogen and oxygen atoms in total. The normalized spacial score (nSPS) is 20.9. The van der Waals surface area contributed by atoms with Crippen LogP contribution in [0.3, 0.4) is 0 Å². The number of nitrogens with zero attached hydrogens (tertiary/aromatic N) is 7. The largest absolute Gasteiger partial charge is 0.378 e. The zero-order valence-electron chi connectivity index (χ0n) is 26.9. The molecule has 2 aromatic carbocycles. The quantitative estimate of drug-likeness (QED) is 0.395. The fourth-order valence-corrected chi connectivity index (χ4v) is 6.45. The van der Waals surface area contributed by atoms with Crippen LogP contribution >= 0.6 is 0 Å². The van der Waals surface area contributed by atoms with Crippen LogP contribution in [0.5, 0.6) is 0 Å². The summed E-state index contributed by atoms with van der Waals surface area (Å²) in [6.07, 6.45) is 3.99. The predicted octanol–water partition coefficient (Wildman–Crippen LogP) is 3.55.